The van der Waals surface area contributed by atoms with Gasteiger partial charge in [0.1, 0.15) is 33.0 Å². The molecule has 4 N–H and O–H groups in total. The van der Waals surface area contributed by atoms with Gasteiger partial charge in [0.05, 0.1) is 62.8 Å². The van der Waals surface area contributed by atoms with Gasteiger partial charge in [-0.2, -0.15) is 0 Å². The van der Waals surface area contributed by atoms with Gasteiger partial charge in [0, 0.05) is 23.1 Å². The van der Waals surface area contributed by atoms with Crippen LogP contribution in [0.3, 0.4) is 0 Å². The van der Waals surface area contributed by atoms with Crippen molar-refractivity contribution in [2.75, 3.05) is 52.9 Å². The van der Waals surface area contributed by atoms with E-state index in [9.17, 15) is 43.5 Å². The number of carboxylic acid groups (broad SMARTS) is 3. The summed E-state index contributed by atoms with van der Waals surface area (Å²) in [6, 6.07) is 0. The minimum atomic E-state index is -1.72. The molecule has 2 unspecified atom stereocenters. The van der Waals surface area contributed by atoms with Crippen LogP contribution in [0.4, 0.5) is 0 Å². The van der Waals surface area contributed by atoms with Crippen LogP contribution in [0.1, 0.15) is 59.3 Å². The Morgan fingerprint density at radius 3 is 1.13 bits per heavy atom. The van der Waals surface area contributed by atoms with Gasteiger partial charge in [-0.25, -0.2) is 14.4 Å². The van der Waals surface area contributed by atoms with Gasteiger partial charge >= 0.3 is 47.8 Å². The molecule has 0 aromatic carbocycles. The maximum Gasteiger partial charge on any atom is 0.333 e. The lowest BCUT2D eigenvalue weighted by atomic mass is 9.90. The largest absolute Gasteiger partial charge is 0.481 e. The number of rotatable bonds is 29. The first-order chi connectivity index (χ1) is 24.6. The van der Waals surface area contributed by atoms with Crippen molar-refractivity contribution in [1.29, 1.82) is 0 Å². The fourth-order valence-electron chi connectivity index (χ4n) is 3.64. The highest BCUT2D eigenvalue weighted by atomic mass is 16.6. The molecule has 0 heterocycles. The molecule has 0 bridgehead atoms. The van der Waals surface area contributed by atoms with Gasteiger partial charge in [-0.1, -0.05) is 19.7 Å². The molecule has 0 saturated heterocycles. The van der Waals surface area contributed by atoms with E-state index in [4.69, 9.17) is 48.5 Å². The van der Waals surface area contributed by atoms with Crippen LogP contribution in [0.2, 0.25) is 0 Å². The quantitative estimate of drug-likeness (QED) is 0.0362. The molecule has 0 rings (SSSR count). The van der Waals surface area contributed by atoms with Gasteiger partial charge in [-0.15, -0.1) is 0 Å². The van der Waals surface area contributed by atoms with Gasteiger partial charge in [0.2, 0.25) is 0 Å². The molecule has 19 nitrogen and oxygen atoms in total. The van der Waals surface area contributed by atoms with Gasteiger partial charge < -0.3 is 53.6 Å². The topological polar surface area (TPSA) is 282 Å². The highest BCUT2D eigenvalue weighted by molar-refractivity contribution is 5.88. The van der Waals surface area contributed by atoms with Crippen LogP contribution in [0.25, 0.3) is 0 Å². The fourth-order valence-corrected chi connectivity index (χ4v) is 3.64. The third-order valence-corrected chi connectivity index (χ3v) is 6.74. The number of aliphatic hydroxyl groups is 1. The van der Waals surface area contributed by atoms with E-state index >= 15 is 0 Å². The Kier molecular flexibility index (Phi) is 21.8. The molecule has 0 saturated carbocycles. The molecule has 53 heavy (non-hydrogen) atoms. The number of ether oxygens (including phenoxy) is 7. The summed E-state index contributed by atoms with van der Waals surface area (Å²) in [4.78, 5) is 95.1. The Labute approximate surface area is 305 Å². The van der Waals surface area contributed by atoms with E-state index in [1.807, 2.05) is 0 Å². The van der Waals surface area contributed by atoms with Crippen molar-refractivity contribution in [1.82, 2.24) is 0 Å². The molecule has 0 spiro atoms. The van der Waals surface area contributed by atoms with E-state index in [0.717, 1.165) is 0 Å². The van der Waals surface area contributed by atoms with Crippen molar-refractivity contribution >= 4 is 47.8 Å². The lowest BCUT2D eigenvalue weighted by molar-refractivity contribution is -0.185. The minimum absolute atomic E-state index is 0.0288. The lowest BCUT2D eigenvalue weighted by Crippen LogP contribution is -2.47. The van der Waals surface area contributed by atoms with Gasteiger partial charge in [0.15, 0.2) is 6.29 Å². The zero-order valence-electron chi connectivity index (χ0n) is 30.0. The van der Waals surface area contributed by atoms with Crippen molar-refractivity contribution in [3.8, 4) is 0 Å². The molecular weight excluding hydrogens is 712 g/mol. The summed E-state index contributed by atoms with van der Waals surface area (Å²) < 4.78 is 37.9. The zero-order valence-corrected chi connectivity index (χ0v) is 30.0. The Morgan fingerprint density at radius 1 is 0.491 bits per heavy atom. The molecular formula is C34H48O19. The highest BCUT2D eigenvalue weighted by Gasteiger charge is 2.41. The second-order valence-corrected chi connectivity index (χ2v) is 12.4. The summed E-state index contributed by atoms with van der Waals surface area (Å²) in [5, 5.41) is 37.2. The zero-order chi connectivity index (χ0) is 40.8. The lowest BCUT2D eigenvalue weighted by Gasteiger charge is -2.36. The predicted octanol–water partition coefficient (Wildman–Crippen LogP) is 1.35. The summed E-state index contributed by atoms with van der Waals surface area (Å²) in [6.07, 6.45) is -4.83. The third-order valence-electron chi connectivity index (χ3n) is 6.74. The summed E-state index contributed by atoms with van der Waals surface area (Å²) in [5.41, 5.74) is -3.53. The van der Waals surface area contributed by atoms with Crippen molar-refractivity contribution in [3.63, 3.8) is 0 Å². The maximum atomic E-state index is 12.4. The molecule has 0 aliphatic heterocycles. The first kappa shape index (κ1) is 47.9. The van der Waals surface area contributed by atoms with Crippen LogP contribution in [-0.4, -0.2) is 127 Å². The van der Waals surface area contributed by atoms with E-state index in [0.29, 0.717) is 0 Å². The molecule has 0 aliphatic rings. The van der Waals surface area contributed by atoms with Crippen LogP contribution in [0.5, 0.6) is 0 Å². The predicted molar refractivity (Wildman–Crippen MR) is 177 cm³/mol. The third kappa shape index (κ3) is 21.7. The SMILES string of the molecule is C=C(C)C(=O)OCC(COCC(COC(=O)CCC(=O)O)(COC(=O)C(=C)C)COC(O)CCC(=O)O)(COC(=O)CCC(=O)O)COC(=O)C(=C)C. The highest BCUT2D eigenvalue weighted by Crippen LogP contribution is 2.27. The summed E-state index contributed by atoms with van der Waals surface area (Å²) in [5.74, 6) is -8.49. The first-order valence-corrected chi connectivity index (χ1v) is 15.9. The van der Waals surface area contributed by atoms with Gasteiger partial charge in [-0.3, -0.25) is 24.0 Å². The van der Waals surface area contributed by atoms with Crippen LogP contribution in [0.15, 0.2) is 36.5 Å². The smallest absolute Gasteiger partial charge is 0.333 e. The summed E-state index contributed by atoms with van der Waals surface area (Å²) >= 11 is 0. The average Bonchev–Trinajstić information content (AvgIpc) is 3.08. The molecule has 0 aromatic heterocycles. The Bertz CT molecular complexity index is 1340. The molecule has 0 radical (unpaired) electrons. The first-order valence-electron chi connectivity index (χ1n) is 15.9. The molecule has 0 aromatic rings. The molecule has 19 heteroatoms. The van der Waals surface area contributed by atoms with Crippen molar-refractivity contribution in [3.05, 3.63) is 36.5 Å². The van der Waals surface area contributed by atoms with Crippen molar-refractivity contribution in [2.24, 2.45) is 10.8 Å². The molecule has 0 fully saturated rings. The van der Waals surface area contributed by atoms with E-state index in [1.165, 1.54) is 20.8 Å². The van der Waals surface area contributed by atoms with E-state index in [2.05, 4.69) is 19.7 Å². The number of carboxylic acids is 3. The second kappa shape index (κ2) is 24.2. The maximum absolute atomic E-state index is 12.4. The van der Waals surface area contributed by atoms with Gasteiger partial charge in [-0.05, 0) is 20.8 Å². The van der Waals surface area contributed by atoms with Crippen LogP contribution >= 0.6 is 0 Å². The van der Waals surface area contributed by atoms with Gasteiger partial charge in [0.25, 0.3) is 0 Å². The van der Waals surface area contributed by atoms with Crippen molar-refractivity contribution < 1.29 is 91.9 Å². The molecule has 2 atom stereocenters. The number of aliphatic hydroxyl groups excluding tert-OH is 1. The number of hydrogen-bond acceptors (Lipinski definition) is 16. The number of carbonyl (C=O) groups excluding carboxylic acids is 5. The molecule has 0 amide bonds. The second-order valence-electron chi connectivity index (χ2n) is 12.4. The van der Waals surface area contributed by atoms with Crippen LogP contribution < -0.4 is 0 Å². The molecule has 0 aliphatic carbocycles. The monoisotopic (exact) mass is 760 g/mol. The van der Waals surface area contributed by atoms with E-state index in [-0.39, 0.29) is 23.1 Å². The Morgan fingerprint density at radius 2 is 0.811 bits per heavy atom. The number of esters is 5. The van der Waals surface area contributed by atoms with E-state index < -0.39 is 150 Å². The number of carbonyl (C=O) groups is 8. The Balaban J connectivity index is 6.78. The summed E-state index contributed by atoms with van der Waals surface area (Å²) in [7, 11) is 0. The normalized spacial score (nSPS) is 12.6. The summed E-state index contributed by atoms with van der Waals surface area (Å²) in [6.45, 7) is 9.37. The van der Waals surface area contributed by atoms with Crippen LogP contribution in [0, 0.1) is 10.8 Å². The fraction of sp³-hybridized carbons (Fsp3) is 0.588. The number of aliphatic carboxylic acids is 3. The van der Waals surface area contributed by atoms with E-state index in [1.54, 1.807) is 0 Å². The minimum Gasteiger partial charge on any atom is -0.481 e. The molecule has 298 valence electrons. The van der Waals surface area contributed by atoms with Crippen LogP contribution in [-0.2, 0) is 71.5 Å². The van der Waals surface area contributed by atoms with Crippen molar-refractivity contribution in [2.45, 2.75) is 65.6 Å². The number of hydrogen-bond donors (Lipinski definition) is 4. The Hall–Kier alpha value is -5.14. The standard InChI is InChI=1S/C34H48O19/c1-21(2)30(44)51-18-33(15-48-27(41)10-7-24(35)36,16-49-28(42)11-8-25(37)38)13-47-14-34(19-52-31(45)22(3)4,20-53-32(46)23(5)6)17-50-29(43)12-9-26(39)40/h27,41H,1,3,5,7-20H2,2,4,6H3,(H,35,36)(H,37,38)(H,39,40). The average molecular weight is 761 g/mol.